The topological polar surface area (TPSA) is 50.7 Å². The van der Waals surface area contributed by atoms with E-state index >= 15 is 0 Å². The number of hydrogen-bond donors (Lipinski definition) is 1. The lowest BCUT2D eigenvalue weighted by molar-refractivity contribution is 0.0378. The first kappa shape index (κ1) is 12.2. The summed E-state index contributed by atoms with van der Waals surface area (Å²) < 4.78 is 5.09. The van der Waals surface area contributed by atoms with Crippen LogP contribution < -0.4 is 5.32 Å². The van der Waals surface area contributed by atoms with E-state index in [1.54, 1.807) is 25.2 Å². The van der Waals surface area contributed by atoms with Crippen LogP contribution in [-0.4, -0.2) is 25.8 Å². The van der Waals surface area contributed by atoms with Crippen molar-refractivity contribution in [2.24, 2.45) is 4.99 Å². The molecule has 0 amide bonds. The van der Waals surface area contributed by atoms with Crippen LogP contribution in [0, 0.1) is 0 Å². The van der Waals surface area contributed by atoms with Gasteiger partial charge in [0.05, 0.1) is 23.0 Å². The van der Waals surface area contributed by atoms with Gasteiger partial charge in [0, 0.05) is 7.05 Å². The molecule has 1 aromatic carbocycles. The number of carbonyl (C=O) groups excluding carboxylic acids is 1. The Morgan fingerprint density at radius 1 is 1.50 bits per heavy atom. The molecule has 4 nitrogen and oxygen atoms in total. The Morgan fingerprint density at radius 3 is 2.69 bits per heavy atom. The minimum atomic E-state index is -0.345. The Balaban J connectivity index is 2.99. The number of aliphatic imine (C=N–C) groups is 1. The van der Waals surface area contributed by atoms with Gasteiger partial charge in [0.1, 0.15) is 0 Å². The van der Waals surface area contributed by atoms with E-state index in [1.807, 2.05) is 13.8 Å². The first-order valence-corrected chi connectivity index (χ1v) is 5.08. The number of ether oxygens (including phenoxy) is 1. The quantitative estimate of drug-likeness (QED) is 0.626. The Labute approximate surface area is 95.3 Å². The Hall–Kier alpha value is -1.84. The molecular weight excluding hydrogens is 204 g/mol. The highest BCUT2D eigenvalue weighted by Crippen LogP contribution is 2.25. The van der Waals surface area contributed by atoms with E-state index in [9.17, 15) is 4.79 Å². The third-order valence-corrected chi connectivity index (χ3v) is 2.02. The van der Waals surface area contributed by atoms with E-state index in [0.29, 0.717) is 11.3 Å². The number of anilines is 1. The molecule has 0 spiro atoms. The van der Waals surface area contributed by atoms with Crippen LogP contribution in [0.15, 0.2) is 23.2 Å². The SMILES string of the molecule is C=Nc1cc(C(=O)OC(C)C)ccc1NC. The summed E-state index contributed by atoms with van der Waals surface area (Å²) in [5.41, 5.74) is 1.95. The molecule has 4 heteroatoms. The van der Waals surface area contributed by atoms with Crippen molar-refractivity contribution < 1.29 is 9.53 Å². The molecule has 0 saturated carbocycles. The van der Waals surface area contributed by atoms with Crippen LogP contribution in [-0.2, 0) is 4.74 Å². The average molecular weight is 220 g/mol. The normalized spacial score (nSPS) is 10.0. The van der Waals surface area contributed by atoms with Crippen molar-refractivity contribution in [2.75, 3.05) is 12.4 Å². The minimum absolute atomic E-state index is 0.128. The highest BCUT2D eigenvalue weighted by Gasteiger charge is 2.11. The standard InChI is InChI=1S/C12H16N2O2/c1-8(2)16-12(15)9-5-6-10(13-3)11(7-9)14-4/h5-8,13H,4H2,1-3H3. The third kappa shape index (κ3) is 2.82. The van der Waals surface area contributed by atoms with Gasteiger partial charge in [-0.25, -0.2) is 4.79 Å². The van der Waals surface area contributed by atoms with Crippen LogP contribution in [0.2, 0.25) is 0 Å². The number of carbonyl (C=O) groups is 1. The van der Waals surface area contributed by atoms with E-state index < -0.39 is 0 Å². The summed E-state index contributed by atoms with van der Waals surface area (Å²) in [7, 11) is 1.79. The highest BCUT2D eigenvalue weighted by atomic mass is 16.5. The molecule has 0 aliphatic heterocycles. The Kier molecular flexibility index (Phi) is 4.05. The summed E-state index contributed by atoms with van der Waals surface area (Å²) in [5.74, 6) is -0.345. The summed E-state index contributed by atoms with van der Waals surface area (Å²) in [6.45, 7) is 7.08. The van der Waals surface area contributed by atoms with Crippen molar-refractivity contribution >= 4 is 24.1 Å². The number of nitrogens with one attached hydrogen (secondary N) is 1. The zero-order valence-electron chi connectivity index (χ0n) is 9.78. The van der Waals surface area contributed by atoms with E-state index in [2.05, 4.69) is 17.0 Å². The molecule has 0 saturated heterocycles. The summed E-state index contributed by atoms with van der Waals surface area (Å²) in [5, 5.41) is 2.97. The maximum Gasteiger partial charge on any atom is 0.338 e. The van der Waals surface area contributed by atoms with Crippen molar-refractivity contribution in [3.8, 4) is 0 Å². The Bertz CT molecular complexity index is 400. The lowest BCUT2D eigenvalue weighted by atomic mass is 10.1. The molecule has 0 aliphatic carbocycles. The fourth-order valence-corrected chi connectivity index (χ4v) is 1.28. The predicted octanol–water partition coefficient (Wildman–Crippen LogP) is 2.63. The zero-order valence-corrected chi connectivity index (χ0v) is 9.78. The largest absolute Gasteiger partial charge is 0.459 e. The predicted molar refractivity (Wildman–Crippen MR) is 65.7 cm³/mol. The van der Waals surface area contributed by atoms with Gasteiger partial charge < -0.3 is 10.1 Å². The monoisotopic (exact) mass is 220 g/mol. The minimum Gasteiger partial charge on any atom is -0.459 e. The molecule has 0 fully saturated rings. The summed E-state index contributed by atoms with van der Waals surface area (Å²) in [6.07, 6.45) is -0.128. The molecule has 16 heavy (non-hydrogen) atoms. The molecule has 1 rings (SSSR count). The first-order chi connectivity index (χ1) is 7.58. The molecule has 0 aromatic heterocycles. The van der Waals surface area contributed by atoms with Crippen LogP contribution in [0.4, 0.5) is 11.4 Å². The van der Waals surface area contributed by atoms with Crippen LogP contribution in [0.25, 0.3) is 0 Å². The van der Waals surface area contributed by atoms with Gasteiger partial charge in [-0.1, -0.05) is 0 Å². The van der Waals surface area contributed by atoms with Crippen molar-refractivity contribution in [1.29, 1.82) is 0 Å². The van der Waals surface area contributed by atoms with Crippen LogP contribution in [0.3, 0.4) is 0 Å². The maximum atomic E-state index is 11.6. The van der Waals surface area contributed by atoms with Gasteiger partial charge >= 0.3 is 5.97 Å². The maximum absolute atomic E-state index is 11.6. The molecule has 0 bridgehead atoms. The first-order valence-electron chi connectivity index (χ1n) is 5.08. The number of nitrogens with zero attached hydrogens (tertiary/aromatic N) is 1. The number of hydrogen-bond acceptors (Lipinski definition) is 4. The third-order valence-electron chi connectivity index (χ3n) is 2.02. The second-order valence-electron chi connectivity index (χ2n) is 3.59. The molecular formula is C12H16N2O2. The van der Waals surface area contributed by atoms with Crippen molar-refractivity contribution in [2.45, 2.75) is 20.0 Å². The fraction of sp³-hybridized carbons (Fsp3) is 0.333. The number of rotatable bonds is 4. The summed E-state index contributed by atoms with van der Waals surface area (Å²) >= 11 is 0. The van der Waals surface area contributed by atoms with Crippen molar-refractivity contribution in [1.82, 2.24) is 0 Å². The van der Waals surface area contributed by atoms with Gasteiger partial charge in [-0.3, -0.25) is 4.99 Å². The van der Waals surface area contributed by atoms with Crippen LogP contribution >= 0.6 is 0 Å². The molecule has 1 aromatic rings. The lowest BCUT2D eigenvalue weighted by Gasteiger charge is -2.10. The van der Waals surface area contributed by atoms with Gasteiger partial charge in [-0.05, 0) is 38.8 Å². The van der Waals surface area contributed by atoms with Gasteiger partial charge in [0.2, 0.25) is 0 Å². The smallest absolute Gasteiger partial charge is 0.338 e. The molecule has 0 atom stereocenters. The summed E-state index contributed by atoms with van der Waals surface area (Å²) in [4.78, 5) is 15.5. The van der Waals surface area contributed by atoms with E-state index in [0.717, 1.165) is 5.69 Å². The summed E-state index contributed by atoms with van der Waals surface area (Å²) in [6, 6.07) is 5.13. The fourth-order valence-electron chi connectivity index (χ4n) is 1.28. The van der Waals surface area contributed by atoms with Crippen LogP contribution in [0.5, 0.6) is 0 Å². The second-order valence-corrected chi connectivity index (χ2v) is 3.59. The number of esters is 1. The lowest BCUT2D eigenvalue weighted by Crippen LogP contribution is -2.11. The molecule has 0 radical (unpaired) electrons. The molecule has 0 heterocycles. The van der Waals surface area contributed by atoms with Gasteiger partial charge in [-0.2, -0.15) is 0 Å². The van der Waals surface area contributed by atoms with Gasteiger partial charge in [0.25, 0.3) is 0 Å². The average Bonchev–Trinajstić information content (AvgIpc) is 2.27. The zero-order chi connectivity index (χ0) is 12.1. The van der Waals surface area contributed by atoms with Crippen molar-refractivity contribution in [3.63, 3.8) is 0 Å². The van der Waals surface area contributed by atoms with Gasteiger partial charge in [0.15, 0.2) is 0 Å². The van der Waals surface area contributed by atoms with Crippen molar-refractivity contribution in [3.05, 3.63) is 23.8 Å². The molecule has 0 unspecified atom stereocenters. The molecule has 86 valence electrons. The van der Waals surface area contributed by atoms with E-state index in [1.165, 1.54) is 0 Å². The van der Waals surface area contributed by atoms with E-state index in [-0.39, 0.29) is 12.1 Å². The Morgan fingerprint density at radius 2 is 2.19 bits per heavy atom. The molecule has 0 aliphatic rings. The van der Waals surface area contributed by atoms with Crippen LogP contribution in [0.1, 0.15) is 24.2 Å². The molecule has 1 N–H and O–H groups in total. The highest BCUT2D eigenvalue weighted by molar-refractivity contribution is 5.92. The van der Waals surface area contributed by atoms with Gasteiger partial charge in [-0.15, -0.1) is 0 Å². The number of benzene rings is 1. The second kappa shape index (κ2) is 5.30. The van der Waals surface area contributed by atoms with E-state index in [4.69, 9.17) is 4.74 Å².